The van der Waals surface area contributed by atoms with Gasteiger partial charge in [0.1, 0.15) is 11.8 Å². The van der Waals surface area contributed by atoms with E-state index in [1.165, 1.54) is 19.4 Å². The van der Waals surface area contributed by atoms with Crippen LogP contribution < -0.4 is 9.64 Å². The Morgan fingerprint density at radius 1 is 1.17 bits per heavy atom. The van der Waals surface area contributed by atoms with Crippen molar-refractivity contribution in [1.82, 2.24) is 0 Å². The molecule has 3 rings (SSSR count). The largest absolute Gasteiger partial charge is 0.495 e. The first-order chi connectivity index (χ1) is 11.0. The number of rotatable bonds is 2. The molecule has 0 spiro atoms. The second-order valence-corrected chi connectivity index (χ2v) is 7.09. The highest BCUT2D eigenvalue weighted by Crippen LogP contribution is 2.43. The minimum Gasteiger partial charge on any atom is -0.495 e. The summed E-state index contributed by atoms with van der Waals surface area (Å²) in [5.74, 6) is 0.511. The van der Waals surface area contributed by atoms with Gasteiger partial charge in [-0.15, -0.1) is 0 Å². The summed E-state index contributed by atoms with van der Waals surface area (Å²) in [4.78, 5) is 1.33. The summed E-state index contributed by atoms with van der Waals surface area (Å²) in [6, 6.07) is 13.2. The summed E-state index contributed by atoms with van der Waals surface area (Å²) in [6.07, 6.45) is 1.28. The van der Waals surface area contributed by atoms with Gasteiger partial charge in [0.2, 0.25) is 9.84 Å². The number of nitriles is 1. The number of nitrogens with zero attached hydrogens (tertiary/aromatic N) is 2. The van der Waals surface area contributed by atoms with Crippen molar-refractivity contribution in [3.8, 4) is 11.8 Å². The molecule has 0 aromatic heterocycles. The van der Waals surface area contributed by atoms with Crippen molar-refractivity contribution in [2.24, 2.45) is 0 Å². The maximum absolute atomic E-state index is 12.5. The highest BCUT2D eigenvalue weighted by atomic mass is 35.5. The number of benzene rings is 2. The van der Waals surface area contributed by atoms with E-state index >= 15 is 0 Å². The Bertz CT molecular complexity index is 962. The van der Waals surface area contributed by atoms with Crippen molar-refractivity contribution in [2.45, 2.75) is 4.90 Å². The molecule has 2 aromatic rings. The average Bonchev–Trinajstić information content (AvgIpc) is 2.55. The molecule has 0 atom stereocenters. The predicted octanol–water partition coefficient (Wildman–Crippen LogP) is 3.64. The number of halogens is 1. The van der Waals surface area contributed by atoms with Crippen LogP contribution in [0.15, 0.2) is 58.5 Å². The third-order valence-electron chi connectivity index (χ3n) is 3.46. The first-order valence-corrected chi connectivity index (χ1v) is 8.44. The van der Waals surface area contributed by atoms with Crippen LogP contribution >= 0.6 is 11.6 Å². The van der Waals surface area contributed by atoms with Crippen LogP contribution in [0.3, 0.4) is 0 Å². The molecular formula is C16H11ClN2O3S. The van der Waals surface area contributed by atoms with Crippen molar-refractivity contribution < 1.29 is 13.2 Å². The molecule has 0 bridgehead atoms. The molecule has 0 N–H and O–H groups in total. The lowest BCUT2D eigenvalue weighted by Crippen LogP contribution is -2.21. The first kappa shape index (κ1) is 15.4. The molecular weight excluding hydrogens is 336 g/mol. The van der Waals surface area contributed by atoms with Gasteiger partial charge in [-0.3, -0.25) is 0 Å². The summed E-state index contributed by atoms with van der Waals surface area (Å²) < 4.78 is 30.2. The van der Waals surface area contributed by atoms with Crippen LogP contribution in [0.2, 0.25) is 5.02 Å². The first-order valence-electron chi connectivity index (χ1n) is 6.58. The number of fused-ring (bicyclic) bond motifs is 1. The molecule has 0 saturated heterocycles. The predicted molar refractivity (Wildman–Crippen MR) is 87.5 cm³/mol. The Balaban J connectivity index is 2.33. The quantitative estimate of drug-likeness (QED) is 0.830. The zero-order valence-corrected chi connectivity index (χ0v) is 13.6. The molecule has 0 radical (unpaired) electrons. The van der Waals surface area contributed by atoms with Crippen LogP contribution in [0.5, 0.6) is 5.75 Å². The second kappa shape index (κ2) is 5.61. The molecule has 5 nitrogen and oxygen atoms in total. The topological polar surface area (TPSA) is 70.4 Å². The number of sulfone groups is 1. The van der Waals surface area contributed by atoms with E-state index in [1.54, 1.807) is 47.4 Å². The van der Waals surface area contributed by atoms with E-state index in [0.717, 1.165) is 0 Å². The van der Waals surface area contributed by atoms with Gasteiger partial charge in [0.25, 0.3) is 0 Å². The van der Waals surface area contributed by atoms with E-state index in [-0.39, 0.29) is 9.80 Å². The SMILES string of the molecule is COc1ccc(Cl)cc1N1C=C(C#N)S(=O)(=O)c2ccccc21. The Hall–Kier alpha value is -2.49. The third-order valence-corrected chi connectivity index (χ3v) is 5.40. The van der Waals surface area contributed by atoms with Gasteiger partial charge in [0.05, 0.1) is 23.4 Å². The average molecular weight is 347 g/mol. The number of allylic oxidation sites excluding steroid dienone is 1. The normalized spacial score (nSPS) is 15.3. The van der Waals surface area contributed by atoms with Gasteiger partial charge in [-0.1, -0.05) is 23.7 Å². The fraction of sp³-hybridized carbons (Fsp3) is 0.0625. The molecule has 23 heavy (non-hydrogen) atoms. The van der Waals surface area contributed by atoms with E-state index < -0.39 is 9.84 Å². The van der Waals surface area contributed by atoms with Crippen LogP contribution in [-0.2, 0) is 9.84 Å². The van der Waals surface area contributed by atoms with Gasteiger partial charge in [0.15, 0.2) is 4.91 Å². The van der Waals surface area contributed by atoms with Crippen molar-refractivity contribution >= 4 is 32.8 Å². The standard InChI is InChI=1S/C16H11ClN2O3S/c1-22-15-7-6-11(17)8-14(15)19-10-12(9-18)23(20,21)16-5-3-2-4-13(16)19/h2-8,10H,1H3. The lowest BCUT2D eigenvalue weighted by Gasteiger charge is -2.28. The smallest absolute Gasteiger partial charge is 0.220 e. The molecule has 1 heterocycles. The van der Waals surface area contributed by atoms with Crippen LogP contribution in [0.1, 0.15) is 0 Å². The summed E-state index contributed by atoms with van der Waals surface area (Å²) in [7, 11) is -2.31. The number of hydrogen-bond acceptors (Lipinski definition) is 5. The minimum atomic E-state index is -3.82. The third kappa shape index (κ3) is 2.44. The van der Waals surface area contributed by atoms with Crippen LogP contribution in [0.4, 0.5) is 11.4 Å². The van der Waals surface area contributed by atoms with E-state index in [2.05, 4.69) is 0 Å². The van der Waals surface area contributed by atoms with Crippen molar-refractivity contribution in [3.63, 3.8) is 0 Å². The fourth-order valence-electron chi connectivity index (χ4n) is 2.40. The molecule has 1 aliphatic rings. The maximum Gasteiger partial charge on any atom is 0.220 e. The van der Waals surface area contributed by atoms with E-state index in [0.29, 0.717) is 22.1 Å². The molecule has 0 saturated carbocycles. The van der Waals surface area contributed by atoms with Crippen molar-refractivity contribution in [1.29, 1.82) is 5.26 Å². The van der Waals surface area contributed by atoms with Crippen LogP contribution in [0.25, 0.3) is 0 Å². The second-order valence-electron chi connectivity index (χ2n) is 4.76. The van der Waals surface area contributed by atoms with Gasteiger partial charge < -0.3 is 9.64 Å². The Kier molecular flexibility index (Phi) is 3.76. The van der Waals surface area contributed by atoms with Crippen LogP contribution in [-0.4, -0.2) is 15.5 Å². The monoisotopic (exact) mass is 346 g/mol. The molecule has 7 heteroatoms. The van der Waals surface area contributed by atoms with E-state index in [4.69, 9.17) is 16.3 Å². The molecule has 0 amide bonds. The minimum absolute atomic E-state index is 0.0704. The van der Waals surface area contributed by atoms with Gasteiger partial charge >= 0.3 is 0 Å². The number of para-hydroxylation sites is 1. The molecule has 0 fully saturated rings. The summed E-state index contributed by atoms with van der Waals surface area (Å²) in [5, 5.41) is 9.69. The highest BCUT2D eigenvalue weighted by molar-refractivity contribution is 7.95. The zero-order chi connectivity index (χ0) is 16.6. The van der Waals surface area contributed by atoms with Crippen molar-refractivity contribution in [2.75, 3.05) is 12.0 Å². The number of hydrogen-bond donors (Lipinski definition) is 0. The van der Waals surface area contributed by atoms with E-state index in [9.17, 15) is 13.7 Å². The Morgan fingerprint density at radius 3 is 2.61 bits per heavy atom. The van der Waals surface area contributed by atoms with Gasteiger partial charge in [-0.05, 0) is 30.3 Å². The summed E-state index contributed by atoms with van der Waals surface area (Å²) in [5.41, 5.74) is 0.988. The van der Waals surface area contributed by atoms with Crippen molar-refractivity contribution in [3.05, 3.63) is 58.6 Å². The van der Waals surface area contributed by atoms with Gasteiger partial charge in [-0.25, -0.2) is 8.42 Å². The van der Waals surface area contributed by atoms with Gasteiger partial charge in [-0.2, -0.15) is 5.26 Å². The van der Waals surface area contributed by atoms with E-state index in [1.807, 2.05) is 0 Å². The fourth-order valence-corrected chi connectivity index (χ4v) is 3.86. The molecule has 2 aromatic carbocycles. The lowest BCUT2D eigenvalue weighted by molar-refractivity contribution is 0.416. The number of anilines is 2. The number of ether oxygens (including phenoxy) is 1. The highest BCUT2D eigenvalue weighted by Gasteiger charge is 2.32. The summed E-state index contributed by atoms with van der Waals surface area (Å²) in [6.45, 7) is 0. The molecule has 0 aliphatic carbocycles. The Labute approximate surface area is 138 Å². The summed E-state index contributed by atoms with van der Waals surface area (Å²) >= 11 is 6.06. The molecule has 116 valence electrons. The Morgan fingerprint density at radius 2 is 1.91 bits per heavy atom. The molecule has 1 aliphatic heterocycles. The van der Waals surface area contributed by atoms with Gasteiger partial charge in [0, 0.05) is 11.2 Å². The maximum atomic E-state index is 12.5. The number of methoxy groups -OCH3 is 1. The van der Waals surface area contributed by atoms with Crippen LogP contribution in [0, 0.1) is 11.3 Å². The molecule has 0 unspecified atom stereocenters. The zero-order valence-electron chi connectivity index (χ0n) is 12.0. The lowest BCUT2D eigenvalue weighted by atomic mass is 10.2.